The summed E-state index contributed by atoms with van der Waals surface area (Å²) in [6.07, 6.45) is 9.71. The van der Waals surface area contributed by atoms with Gasteiger partial charge >= 0.3 is 0 Å². The molecule has 1 saturated heterocycles. The second-order valence-electron chi connectivity index (χ2n) is 8.10. The van der Waals surface area contributed by atoms with Crippen LogP contribution in [-0.4, -0.2) is 36.0 Å². The van der Waals surface area contributed by atoms with Crippen LogP contribution < -0.4 is 5.32 Å². The Morgan fingerprint density at radius 3 is 2.52 bits per heavy atom. The average Bonchev–Trinajstić information content (AvgIpc) is 2.89. The van der Waals surface area contributed by atoms with Crippen LogP contribution in [0.1, 0.15) is 86.0 Å². The van der Waals surface area contributed by atoms with Crippen molar-refractivity contribution < 1.29 is 4.79 Å². The van der Waals surface area contributed by atoms with E-state index in [-0.39, 0.29) is 0 Å². The van der Waals surface area contributed by atoms with Crippen molar-refractivity contribution in [3.05, 3.63) is 0 Å². The van der Waals surface area contributed by atoms with Gasteiger partial charge in [0, 0.05) is 31.6 Å². The van der Waals surface area contributed by atoms with Crippen molar-refractivity contribution in [3.8, 4) is 0 Å². The molecule has 1 rings (SSSR count). The zero-order chi connectivity index (χ0) is 17.2. The Balaban J connectivity index is 2.28. The van der Waals surface area contributed by atoms with Gasteiger partial charge in [0.2, 0.25) is 5.91 Å². The van der Waals surface area contributed by atoms with Crippen LogP contribution in [0.5, 0.6) is 0 Å². The van der Waals surface area contributed by atoms with E-state index in [4.69, 9.17) is 0 Å². The lowest BCUT2D eigenvalue weighted by molar-refractivity contribution is -0.132. The van der Waals surface area contributed by atoms with Crippen LogP contribution in [0.25, 0.3) is 0 Å². The second kappa shape index (κ2) is 11.1. The van der Waals surface area contributed by atoms with Crippen LogP contribution in [0, 0.1) is 11.8 Å². The molecule has 0 radical (unpaired) electrons. The van der Waals surface area contributed by atoms with E-state index >= 15 is 0 Å². The molecule has 1 fully saturated rings. The van der Waals surface area contributed by atoms with Crippen LogP contribution in [-0.2, 0) is 4.79 Å². The molecule has 0 bridgehead atoms. The van der Waals surface area contributed by atoms with E-state index in [1.54, 1.807) is 0 Å². The minimum Gasteiger partial charge on any atom is -0.339 e. The molecule has 1 aliphatic rings. The smallest absolute Gasteiger partial charge is 0.224 e. The van der Waals surface area contributed by atoms with Crippen molar-refractivity contribution in [2.75, 3.05) is 13.1 Å². The molecule has 0 aliphatic carbocycles. The summed E-state index contributed by atoms with van der Waals surface area (Å²) in [4.78, 5) is 14.7. The van der Waals surface area contributed by atoms with Crippen molar-refractivity contribution in [2.45, 2.75) is 98.1 Å². The monoisotopic (exact) mass is 324 g/mol. The van der Waals surface area contributed by atoms with Crippen LogP contribution >= 0.6 is 0 Å². The number of rotatable bonds is 11. The number of unbranched alkanes of at least 4 members (excludes halogenated alkanes) is 2. The van der Waals surface area contributed by atoms with Gasteiger partial charge in [-0.1, -0.05) is 60.3 Å². The summed E-state index contributed by atoms with van der Waals surface area (Å²) in [5.41, 5.74) is 0. The van der Waals surface area contributed by atoms with Crippen molar-refractivity contribution in [1.82, 2.24) is 10.2 Å². The number of carbonyl (C=O) groups excluding carboxylic acids is 1. The number of hydrogen-bond donors (Lipinski definition) is 1. The maximum absolute atomic E-state index is 12.5. The van der Waals surface area contributed by atoms with Gasteiger partial charge in [-0.3, -0.25) is 4.79 Å². The van der Waals surface area contributed by atoms with Crippen molar-refractivity contribution in [2.24, 2.45) is 11.8 Å². The normalized spacial score (nSPS) is 21.6. The van der Waals surface area contributed by atoms with Crippen molar-refractivity contribution in [1.29, 1.82) is 0 Å². The molecule has 0 aromatic rings. The minimum absolute atomic E-state index is 0.354. The van der Waals surface area contributed by atoms with E-state index in [2.05, 4.69) is 44.8 Å². The number of likely N-dealkylation sites (tertiary alicyclic amines) is 1. The van der Waals surface area contributed by atoms with Gasteiger partial charge in [0.25, 0.3) is 0 Å². The fraction of sp³-hybridized carbons (Fsp3) is 0.950. The topological polar surface area (TPSA) is 32.3 Å². The largest absolute Gasteiger partial charge is 0.339 e. The Labute approximate surface area is 144 Å². The summed E-state index contributed by atoms with van der Waals surface area (Å²) in [5, 5.41) is 3.35. The minimum atomic E-state index is 0.354. The van der Waals surface area contributed by atoms with Gasteiger partial charge in [-0.2, -0.15) is 0 Å². The van der Waals surface area contributed by atoms with Crippen LogP contribution in [0.3, 0.4) is 0 Å². The first-order valence-electron chi connectivity index (χ1n) is 9.96. The van der Waals surface area contributed by atoms with Gasteiger partial charge in [-0.05, 0) is 31.1 Å². The third-order valence-corrected chi connectivity index (χ3v) is 5.08. The van der Waals surface area contributed by atoms with Crippen molar-refractivity contribution in [3.63, 3.8) is 0 Å². The Bertz CT molecular complexity index is 328. The van der Waals surface area contributed by atoms with E-state index in [1.807, 2.05) is 0 Å². The fourth-order valence-corrected chi connectivity index (χ4v) is 3.69. The second-order valence-corrected chi connectivity index (χ2v) is 8.10. The molecule has 2 unspecified atom stereocenters. The lowest BCUT2D eigenvalue weighted by Crippen LogP contribution is -2.37. The Kier molecular flexibility index (Phi) is 9.85. The van der Waals surface area contributed by atoms with E-state index in [0.29, 0.717) is 24.4 Å². The Hall–Kier alpha value is -0.570. The molecule has 1 amide bonds. The fourth-order valence-electron chi connectivity index (χ4n) is 3.69. The molecule has 1 aliphatic heterocycles. The highest BCUT2D eigenvalue weighted by Crippen LogP contribution is 2.29. The van der Waals surface area contributed by atoms with Crippen LogP contribution in [0.15, 0.2) is 0 Å². The number of amides is 1. The highest BCUT2D eigenvalue weighted by Gasteiger charge is 2.33. The molecule has 136 valence electrons. The summed E-state index contributed by atoms with van der Waals surface area (Å²) in [5.74, 6) is 1.92. The molecule has 1 N–H and O–H groups in total. The molecule has 1 heterocycles. The summed E-state index contributed by atoms with van der Waals surface area (Å²) in [6, 6.07) is 0.948. The van der Waals surface area contributed by atoms with Gasteiger partial charge < -0.3 is 10.2 Å². The molecule has 0 saturated carbocycles. The first-order chi connectivity index (χ1) is 10.9. The lowest BCUT2D eigenvalue weighted by Gasteiger charge is -2.24. The number of nitrogens with zero attached hydrogens (tertiary/aromatic N) is 1. The first-order valence-corrected chi connectivity index (χ1v) is 9.96. The molecule has 3 nitrogen and oxygen atoms in total. The van der Waals surface area contributed by atoms with E-state index in [0.717, 1.165) is 31.3 Å². The number of hydrogen-bond acceptors (Lipinski definition) is 2. The van der Waals surface area contributed by atoms with Crippen LogP contribution in [0.2, 0.25) is 0 Å². The average molecular weight is 325 g/mol. The molecular formula is C20H40N2O. The number of nitrogens with one attached hydrogen (secondary N) is 1. The van der Waals surface area contributed by atoms with Gasteiger partial charge in [0.15, 0.2) is 0 Å². The summed E-state index contributed by atoms with van der Waals surface area (Å²) in [6.45, 7) is 12.9. The zero-order valence-corrected chi connectivity index (χ0v) is 16.2. The highest BCUT2D eigenvalue weighted by atomic mass is 16.2. The van der Waals surface area contributed by atoms with E-state index < -0.39 is 0 Å². The SMILES string of the molecule is CCC1CC(CCCCCC(C)C)CN1C(=O)CCNC(C)C. The molecule has 3 heteroatoms. The molecule has 0 aromatic carbocycles. The maximum Gasteiger partial charge on any atom is 0.224 e. The van der Waals surface area contributed by atoms with Gasteiger partial charge in [0.05, 0.1) is 0 Å². The maximum atomic E-state index is 12.5. The molecule has 0 aromatic heterocycles. The molecule has 2 atom stereocenters. The van der Waals surface area contributed by atoms with Gasteiger partial charge in [-0.15, -0.1) is 0 Å². The van der Waals surface area contributed by atoms with Gasteiger partial charge in [-0.25, -0.2) is 0 Å². The summed E-state index contributed by atoms with van der Waals surface area (Å²) < 4.78 is 0. The first kappa shape index (κ1) is 20.5. The van der Waals surface area contributed by atoms with E-state index in [1.165, 1.54) is 38.5 Å². The predicted octanol–water partition coefficient (Wildman–Crippen LogP) is 4.61. The zero-order valence-electron chi connectivity index (χ0n) is 16.2. The quantitative estimate of drug-likeness (QED) is 0.563. The molecule has 23 heavy (non-hydrogen) atoms. The molecular weight excluding hydrogens is 284 g/mol. The Morgan fingerprint density at radius 2 is 1.91 bits per heavy atom. The van der Waals surface area contributed by atoms with Gasteiger partial charge in [0.1, 0.15) is 0 Å². The highest BCUT2D eigenvalue weighted by molar-refractivity contribution is 5.77. The third-order valence-electron chi connectivity index (χ3n) is 5.08. The summed E-state index contributed by atoms with van der Waals surface area (Å²) in [7, 11) is 0. The van der Waals surface area contributed by atoms with Crippen LogP contribution in [0.4, 0.5) is 0 Å². The Morgan fingerprint density at radius 1 is 1.17 bits per heavy atom. The number of carbonyl (C=O) groups is 1. The standard InChI is InChI=1S/C20H40N2O/c1-6-19-14-18(11-9-7-8-10-16(2)3)15-22(19)20(23)12-13-21-17(4)5/h16-19,21H,6-15H2,1-5H3. The summed E-state index contributed by atoms with van der Waals surface area (Å²) >= 11 is 0. The lowest BCUT2D eigenvalue weighted by atomic mass is 9.96. The predicted molar refractivity (Wildman–Crippen MR) is 99.6 cm³/mol. The van der Waals surface area contributed by atoms with Crippen molar-refractivity contribution >= 4 is 5.91 Å². The van der Waals surface area contributed by atoms with E-state index in [9.17, 15) is 4.79 Å². The molecule has 0 spiro atoms. The third kappa shape index (κ3) is 8.19.